The molecule has 0 aliphatic rings. The monoisotopic (exact) mass is 579 g/mol. The Morgan fingerprint density at radius 3 is 2.10 bits per heavy atom. The van der Waals surface area contributed by atoms with Crippen molar-refractivity contribution >= 4 is 27.5 Å². The van der Waals surface area contributed by atoms with Crippen molar-refractivity contribution in [2.24, 2.45) is 0 Å². The number of benzene rings is 3. The fourth-order valence-corrected chi connectivity index (χ4v) is 5.96. The SMILES string of the molecule is CCCCNC(=O)[C@@H](CC)N(CCc1ccccc1)C(=O)CN(c1ccc(OCC)cc1)S(=O)(=O)c1ccccc1. The molecule has 0 unspecified atom stereocenters. The molecular formula is C32H41N3O5S. The number of sulfonamides is 1. The van der Waals surface area contributed by atoms with E-state index in [1.807, 2.05) is 51.1 Å². The van der Waals surface area contributed by atoms with Gasteiger partial charge in [-0.15, -0.1) is 0 Å². The molecular weight excluding hydrogens is 538 g/mol. The normalized spacial score (nSPS) is 11.9. The molecule has 1 atom stereocenters. The predicted octanol–water partition coefficient (Wildman–Crippen LogP) is 5.05. The maximum absolute atomic E-state index is 14.0. The third-order valence-electron chi connectivity index (χ3n) is 6.75. The van der Waals surface area contributed by atoms with Crippen molar-refractivity contribution in [2.75, 3.05) is 30.5 Å². The van der Waals surface area contributed by atoms with Crippen LogP contribution < -0.4 is 14.4 Å². The highest BCUT2D eigenvalue weighted by molar-refractivity contribution is 7.92. The van der Waals surface area contributed by atoms with Crippen molar-refractivity contribution in [1.82, 2.24) is 10.2 Å². The first kappa shape index (κ1) is 31.7. The van der Waals surface area contributed by atoms with E-state index in [4.69, 9.17) is 4.74 Å². The molecule has 3 rings (SSSR count). The summed E-state index contributed by atoms with van der Waals surface area (Å²) in [5.41, 5.74) is 1.35. The number of unbranched alkanes of at least 4 members (excludes halogenated alkanes) is 1. The van der Waals surface area contributed by atoms with E-state index in [-0.39, 0.29) is 17.3 Å². The molecule has 220 valence electrons. The van der Waals surface area contributed by atoms with Gasteiger partial charge in [-0.25, -0.2) is 8.42 Å². The van der Waals surface area contributed by atoms with Crippen molar-refractivity contribution < 1.29 is 22.7 Å². The summed E-state index contributed by atoms with van der Waals surface area (Å²) in [6, 6.07) is 23.6. The van der Waals surface area contributed by atoms with Crippen molar-refractivity contribution in [1.29, 1.82) is 0 Å². The molecule has 0 fully saturated rings. The Labute approximate surface area is 244 Å². The molecule has 2 amide bonds. The van der Waals surface area contributed by atoms with E-state index in [0.717, 1.165) is 22.7 Å². The second-order valence-electron chi connectivity index (χ2n) is 9.64. The van der Waals surface area contributed by atoms with Crippen LogP contribution in [0.2, 0.25) is 0 Å². The summed E-state index contributed by atoms with van der Waals surface area (Å²) in [5, 5.41) is 2.95. The molecule has 0 aromatic heterocycles. The van der Waals surface area contributed by atoms with E-state index in [9.17, 15) is 18.0 Å². The molecule has 3 aromatic carbocycles. The topological polar surface area (TPSA) is 96.0 Å². The second kappa shape index (κ2) is 15.8. The van der Waals surface area contributed by atoms with E-state index in [2.05, 4.69) is 5.32 Å². The van der Waals surface area contributed by atoms with Crippen LogP contribution in [-0.4, -0.2) is 57.4 Å². The summed E-state index contributed by atoms with van der Waals surface area (Å²) in [7, 11) is -4.10. The van der Waals surface area contributed by atoms with Gasteiger partial charge in [0.25, 0.3) is 10.0 Å². The van der Waals surface area contributed by atoms with Crippen LogP contribution in [0, 0.1) is 0 Å². The summed E-state index contributed by atoms with van der Waals surface area (Å²) in [5.74, 6) is -0.0911. The minimum Gasteiger partial charge on any atom is -0.494 e. The summed E-state index contributed by atoms with van der Waals surface area (Å²) < 4.78 is 34.4. The summed E-state index contributed by atoms with van der Waals surface area (Å²) in [4.78, 5) is 28.9. The molecule has 0 spiro atoms. The molecule has 0 bridgehead atoms. The Morgan fingerprint density at radius 2 is 1.51 bits per heavy atom. The molecule has 0 aliphatic heterocycles. The Hall–Kier alpha value is -3.85. The maximum atomic E-state index is 14.0. The Morgan fingerprint density at radius 1 is 0.878 bits per heavy atom. The lowest BCUT2D eigenvalue weighted by atomic mass is 10.1. The molecule has 0 saturated carbocycles. The highest BCUT2D eigenvalue weighted by atomic mass is 32.2. The van der Waals surface area contributed by atoms with Gasteiger partial charge in [-0.3, -0.25) is 13.9 Å². The highest BCUT2D eigenvalue weighted by Crippen LogP contribution is 2.26. The number of anilines is 1. The van der Waals surface area contributed by atoms with Crippen molar-refractivity contribution in [3.63, 3.8) is 0 Å². The highest BCUT2D eigenvalue weighted by Gasteiger charge is 2.33. The first-order valence-corrected chi connectivity index (χ1v) is 15.7. The summed E-state index contributed by atoms with van der Waals surface area (Å²) >= 11 is 0. The molecule has 41 heavy (non-hydrogen) atoms. The zero-order chi connectivity index (χ0) is 29.7. The van der Waals surface area contributed by atoms with Gasteiger partial charge in [0.05, 0.1) is 17.2 Å². The number of carbonyl (C=O) groups is 2. The number of ether oxygens (including phenoxy) is 1. The van der Waals surface area contributed by atoms with Crippen molar-refractivity contribution in [3.05, 3.63) is 90.5 Å². The minimum atomic E-state index is -4.10. The number of hydrogen-bond acceptors (Lipinski definition) is 5. The predicted molar refractivity (Wildman–Crippen MR) is 162 cm³/mol. The number of nitrogens with zero attached hydrogens (tertiary/aromatic N) is 2. The molecule has 1 N–H and O–H groups in total. The van der Waals surface area contributed by atoms with Gasteiger partial charge in [-0.1, -0.05) is 68.8 Å². The number of hydrogen-bond donors (Lipinski definition) is 1. The van der Waals surface area contributed by atoms with Crippen LogP contribution in [0.25, 0.3) is 0 Å². The Kier molecular flexibility index (Phi) is 12.2. The lowest BCUT2D eigenvalue weighted by molar-refractivity contribution is -0.139. The van der Waals surface area contributed by atoms with Crippen LogP contribution >= 0.6 is 0 Å². The molecule has 0 saturated heterocycles. The second-order valence-corrected chi connectivity index (χ2v) is 11.5. The quantitative estimate of drug-likeness (QED) is 0.240. The van der Waals surface area contributed by atoms with Gasteiger partial charge >= 0.3 is 0 Å². The third kappa shape index (κ3) is 8.82. The number of rotatable bonds is 16. The summed E-state index contributed by atoms with van der Waals surface area (Å²) in [6.07, 6.45) is 2.69. The minimum absolute atomic E-state index is 0.0712. The molecule has 0 aliphatic carbocycles. The standard InChI is InChI=1S/C32H41N3O5S/c1-4-7-23-33-32(37)30(5-2)34(24-22-26-14-10-8-11-15-26)31(36)25-35(27-18-20-28(21-19-27)40-6-3)41(38,39)29-16-12-9-13-17-29/h8-21,30H,4-7,22-25H2,1-3H3,(H,33,37)/t30-/m1/s1. The van der Waals surface area contributed by atoms with E-state index in [1.165, 1.54) is 17.0 Å². The molecule has 0 heterocycles. The average molecular weight is 580 g/mol. The zero-order valence-corrected chi connectivity index (χ0v) is 25.0. The van der Waals surface area contributed by atoms with Gasteiger partial charge in [0, 0.05) is 13.1 Å². The Balaban J connectivity index is 1.97. The van der Waals surface area contributed by atoms with Gasteiger partial charge in [0.15, 0.2) is 0 Å². The zero-order valence-electron chi connectivity index (χ0n) is 24.2. The first-order valence-electron chi connectivity index (χ1n) is 14.2. The largest absolute Gasteiger partial charge is 0.494 e. The number of amides is 2. The lowest BCUT2D eigenvalue weighted by Gasteiger charge is -2.33. The van der Waals surface area contributed by atoms with Gasteiger partial charge in [-0.05, 0) is 68.1 Å². The average Bonchev–Trinajstić information content (AvgIpc) is 2.99. The smallest absolute Gasteiger partial charge is 0.264 e. The first-order chi connectivity index (χ1) is 19.8. The van der Waals surface area contributed by atoms with Crippen LogP contribution in [-0.2, 0) is 26.0 Å². The third-order valence-corrected chi connectivity index (χ3v) is 8.53. The van der Waals surface area contributed by atoms with Crippen molar-refractivity contribution in [3.8, 4) is 5.75 Å². The van der Waals surface area contributed by atoms with E-state index in [1.54, 1.807) is 42.5 Å². The van der Waals surface area contributed by atoms with Crippen LogP contribution in [0.4, 0.5) is 5.69 Å². The van der Waals surface area contributed by atoms with Gasteiger partial charge < -0.3 is 15.0 Å². The van der Waals surface area contributed by atoms with Crippen LogP contribution in [0.5, 0.6) is 5.75 Å². The summed E-state index contributed by atoms with van der Waals surface area (Å²) in [6.45, 7) is 6.57. The van der Waals surface area contributed by atoms with Gasteiger partial charge in [0.2, 0.25) is 11.8 Å². The molecule has 0 radical (unpaired) electrons. The molecule has 8 nitrogen and oxygen atoms in total. The maximum Gasteiger partial charge on any atom is 0.264 e. The van der Waals surface area contributed by atoms with E-state index in [0.29, 0.717) is 37.4 Å². The lowest BCUT2D eigenvalue weighted by Crippen LogP contribution is -2.53. The fourth-order valence-electron chi connectivity index (χ4n) is 4.53. The van der Waals surface area contributed by atoms with E-state index < -0.39 is 28.5 Å². The van der Waals surface area contributed by atoms with Gasteiger partial charge in [0.1, 0.15) is 18.3 Å². The van der Waals surface area contributed by atoms with Gasteiger partial charge in [-0.2, -0.15) is 0 Å². The molecule has 3 aromatic rings. The molecule has 9 heteroatoms. The van der Waals surface area contributed by atoms with Crippen molar-refractivity contribution in [2.45, 2.75) is 57.4 Å². The van der Waals surface area contributed by atoms with Crippen LogP contribution in [0.15, 0.2) is 89.8 Å². The number of carbonyl (C=O) groups excluding carboxylic acids is 2. The Bertz CT molecular complexity index is 1330. The van der Waals surface area contributed by atoms with Crippen LogP contribution in [0.3, 0.4) is 0 Å². The van der Waals surface area contributed by atoms with Crippen LogP contribution in [0.1, 0.15) is 45.6 Å². The fraction of sp³-hybridized carbons (Fsp3) is 0.375. The van der Waals surface area contributed by atoms with E-state index >= 15 is 0 Å². The number of nitrogens with one attached hydrogen (secondary N) is 1.